The van der Waals surface area contributed by atoms with Crippen LogP contribution in [0.15, 0.2) is 24.3 Å². The molecule has 18 heavy (non-hydrogen) atoms. The Balaban J connectivity index is 1.88. The standard InChI is InChI=1S/C15H19NO2/c1-11-3-2-4-13(16)14(11)12-5-7-15(8-6-12)17-9-10-18-15/h2-5H,6-10,16H2,1H3. The Bertz CT molecular complexity index is 467. The molecule has 2 aliphatic rings. The summed E-state index contributed by atoms with van der Waals surface area (Å²) in [4.78, 5) is 0. The van der Waals surface area contributed by atoms with Gasteiger partial charge in [0, 0.05) is 24.1 Å². The van der Waals surface area contributed by atoms with Gasteiger partial charge in [0.05, 0.1) is 13.2 Å². The second-order valence-electron chi connectivity index (χ2n) is 5.08. The fraction of sp³-hybridized carbons (Fsp3) is 0.467. The van der Waals surface area contributed by atoms with Gasteiger partial charge in [0.1, 0.15) is 0 Å². The average Bonchev–Trinajstić information content (AvgIpc) is 2.80. The third-order valence-electron chi connectivity index (χ3n) is 3.87. The highest BCUT2D eigenvalue weighted by atomic mass is 16.7. The molecule has 0 atom stereocenters. The quantitative estimate of drug-likeness (QED) is 0.774. The summed E-state index contributed by atoms with van der Waals surface area (Å²) in [5, 5.41) is 0. The largest absolute Gasteiger partial charge is 0.398 e. The normalized spacial score (nSPS) is 22.2. The minimum atomic E-state index is -0.346. The summed E-state index contributed by atoms with van der Waals surface area (Å²) < 4.78 is 11.5. The summed E-state index contributed by atoms with van der Waals surface area (Å²) in [5.41, 5.74) is 10.7. The first kappa shape index (κ1) is 11.8. The number of rotatable bonds is 1. The third kappa shape index (κ3) is 1.93. The molecule has 1 aromatic carbocycles. The molecule has 0 saturated carbocycles. The van der Waals surface area contributed by atoms with E-state index in [0.29, 0.717) is 0 Å². The molecule has 3 nitrogen and oxygen atoms in total. The topological polar surface area (TPSA) is 44.5 Å². The van der Waals surface area contributed by atoms with Crippen molar-refractivity contribution in [2.24, 2.45) is 0 Å². The van der Waals surface area contributed by atoms with Crippen molar-refractivity contribution < 1.29 is 9.47 Å². The van der Waals surface area contributed by atoms with Crippen molar-refractivity contribution >= 4 is 11.3 Å². The predicted octanol–water partition coefficient (Wildman–Crippen LogP) is 2.89. The average molecular weight is 245 g/mol. The van der Waals surface area contributed by atoms with E-state index in [4.69, 9.17) is 15.2 Å². The van der Waals surface area contributed by atoms with Crippen LogP contribution < -0.4 is 5.73 Å². The van der Waals surface area contributed by atoms with E-state index >= 15 is 0 Å². The molecule has 1 aliphatic carbocycles. The molecule has 3 rings (SSSR count). The van der Waals surface area contributed by atoms with Gasteiger partial charge in [-0.05, 0) is 30.5 Å². The Kier molecular flexibility index (Phi) is 2.88. The van der Waals surface area contributed by atoms with Crippen LogP contribution in [0.4, 0.5) is 5.69 Å². The molecule has 0 bridgehead atoms. The number of ether oxygens (including phenoxy) is 2. The van der Waals surface area contributed by atoms with Crippen LogP contribution in [0.5, 0.6) is 0 Å². The van der Waals surface area contributed by atoms with Crippen molar-refractivity contribution in [3.05, 3.63) is 35.4 Å². The van der Waals surface area contributed by atoms with Crippen molar-refractivity contribution in [1.29, 1.82) is 0 Å². The molecule has 1 aromatic rings. The van der Waals surface area contributed by atoms with E-state index in [1.54, 1.807) is 0 Å². The molecule has 1 aliphatic heterocycles. The molecule has 1 saturated heterocycles. The maximum Gasteiger partial charge on any atom is 0.172 e. The van der Waals surface area contributed by atoms with Gasteiger partial charge < -0.3 is 15.2 Å². The van der Waals surface area contributed by atoms with Gasteiger partial charge in [0.25, 0.3) is 0 Å². The van der Waals surface area contributed by atoms with Gasteiger partial charge in [-0.2, -0.15) is 0 Å². The maximum atomic E-state index is 6.09. The molecular formula is C15H19NO2. The number of hydrogen-bond acceptors (Lipinski definition) is 3. The summed E-state index contributed by atoms with van der Waals surface area (Å²) in [6, 6.07) is 6.08. The lowest BCUT2D eigenvalue weighted by molar-refractivity contribution is -0.159. The molecule has 0 amide bonds. The Morgan fingerprint density at radius 3 is 2.61 bits per heavy atom. The van der Waals surface area contributed by atoms with E-state index in [2.05, 4.69) is 19.1 Å². The number of nitrogen functional groups attached to an aromatic ring is 1. The molecule has 1 spiro atoms. The number of nitrogens with two attached hydrogens (primary N) is 1. The fourth-order valence-corrected chi connectivity index (χ4v) is 2.92. The fourth-order valence-electron chi connectivity index (χ4n) is 2.92. The maximum absolute atomic E-state index is 6.09. The van der Waals surface area contributed by atoms with Crippen molar-refractivity contribution in [2.75, 3.05) is 18.9 Å². The lowest BCUT2D eigenvalue weighted by atomic mass is 9.87. The number of benzene rings is 1. The van der Waals surface area contributed by atoms with E-state index in [-0.39, 0.29) is 5.79 Å². The van der Waals surface area contributed by atoms with Crippen LogP contribution in [0, 0.1) is 6.92 Å². The first-order chi connectivity index (χ1) is 8.70. The zero-order valence-electron chi connectivity index (χ0n) is 10.7. The Labute approximate surface area is 108 Å². The molecule has 2 N–H and O–H groups in total. The summed E-state index contributed by atoms with van der Waals surface area (Å²) in [5.74, 6) is -0.346. The van der Waals surface area contributed by atoms with Gasteiger partial charge in [-0.15, -0.1) is 0 Å². The van der Waals surface area contributed by atoms with E-state index in [0.717, 1.165) is 38.2 Å². The number of aryl methyl sites for hydroxylation is 1. The van der Waals surface area contributed by atoms with Gasteiger partial charge >= 0.3 is 0 Å². The Morgan fingerprint density at radius 2 is 2.00 bits per heavy atom. The monoisotopic (exact) mass is 245 g/mol. The summed E-state index contributed by atoms with van der Waals surface area (Å²) in [6.45, 7) is 3.55. The van der Waals surface area contributed by atoms with Crippen molar-refractivity contribution in [2.45, 2.75) is 32.0 Å². The lowest BCUT2D eigenvalue weighted by Gasteiger charge is -2.31. The van der Waals surface area contributed by atoms with Crippen LogP contribution >= 0.6 is 0 Å². The van der Waals surface area contributed by atoms with Crippen molar-refractivity contribution in [3.63, 3.8) is 0 Å². The molecule has 0 aromatic heterocycles. The lowest BCUT2D eigenvalue weighted by Crippen LogP contribution is -2.31. The minimum Gasteiger partial charge on any atom is -0.398 e. The van der Waals surface area contributed by atoms with Gasteiger partial charge in [-0.1, -0.05) is 18.2 Å². The van der Waals surface area contributed by atoms with Crippen molar-refractivity contribution in [1.82, 2.24) is 0 Å². The SMILES string of the molecule is Cc1cccc(N)c1C1=CCC2(CC1)OCCO2. The first-order valence-corrected chi connectivity index (χ1v) is 6.53. The van der Waals surface area contributed by atoms with Crippen molar-refractivity contribution in [3.8, 4) is 0 Å². The van der Waals surface area contributed by atoms with Gasteiger partial charge in [-0.3, -0.25) is 0 Å². The van der Waals surface area contributed by atoms with Crippen LogP contribution in [0.2, 0.25) is 0 Å². The minimum absolute atomic E-state index is 0.346. The van der Waals surface area contributed by atoms with Gasteiger partial charge in [0.2, 0.25) is 0 Å². The Hall–Kier alpha value is -1.32. The number of allylic oxidation sites excluding steroid dienone is 1. The molecule has 1 heterocycles. The second-order valence-corrected chi connectivity index (χ2v) is 5.08. The highest BCUT2D eigenvalue weighted by Gasteiger charge is 2.37. The van der Waals surface area contributed by atoms with Crippen LogP contribution in [-0.2, 0) is 9.47 Å². The van der Waals surface area contributed by atoms with Gasteiger partial charge in [0.15, 0.2) is 5.79 Å². The smallest absolute Gasteiger partial charge is 0.172 e. The van der Waals surface area contributed by atoms with Crippen LogP contribution in [0.1, 0.15) is 30.4 Å². The zero-order valence-corrected chi connectivity index (χ0v) is 10.7. The Morgan fingerprint density at radius 1 is 1.22 bits per heavy atom. The number of anilines is 1. The van der Waals surface area contributed by atoms with Gasteiger partial charge in [-0.25, -0.2) is 0 Å². The summed E-state index contributed by atoms with van der Waals surface area (Å²) in [6.07, 6.45) is 4.95. The molecule has 0 unspecified atom stereocenters. The van der Waals surface area contributed by atoms with Crippen LogP contribution in [0.3, 0.4) is 0 Å². The van der Waals surface area contributed by atoms with Crippen LogP contribution in [-0.4, -0.2) is 19.0 Å². The first-order valence-electron chi connectivity index (χ1n) is 6.53. The molecule has 1 fully saturated rings. The third-order valence-corrected chi connectivity index (χ3v) is 3.87. The van der Waals surface area contributed by atoms with E-state index < -0.39 is 0 Å². The van der Waals surface area contributed by atoms with E-state index in [1.165, 1.54) is 16.7 Å². The summed E-state index contributed by atoms with van der Waals surface area (Å²) >= 11 is 0. The zero-order chi connectivity index (χ0) is 12.6. The summed E-state index contributed by atoms with van der Waals surface area (Å²) in [7, 11) is 0. The van der Waals surface area contributed by atoms with Crippen LogP contribution in [0.25, 0.3) is 5.57 Å². The molecule has 96 valence electrons. The highest BCUT2D eigenvalue weighted by molar-refractivity contribution is 5.78. The van der Waals surface area contributed by atoms with E-state index in [1.807, 2.05) is 12.1 Å². The predicted molar refractivity (Wildman–Crippen MR) is 72.1 cm³/mol. The van der Waals surface area contributed by atoms with E-state index in [9.17, 15) is 0 Å². The highest BCUT2D eigenvalue weighted by Crippen LogP contribution is 2.40. The molecule has 0 radical (unpaired) electrons. The molecule has 3 heteroatoms. The molecular weight excluding hydrogens is 226 g/mol. The second kappa shape index (κ2) is 4.41. The number of hydrogen-bond donors (Lipinski definition) is 1.